The van der Waals surface area contributed by atoms with E-state index in [1.54, 1.807) is 0 Å². The van der Waals surface area contributed by atoms with Crippen LogP contribution < -0.4 is 11.4 Å². The molecule has 1 aliphatic heterocycles. The highest BCUT2D eigenvalue weighted by molar-refractivity contribution is 5.87. The molecule has 0 amide bonds. The van der Waals surface area contributed by atoms with E-state index in [0.717, 1.165) is 25.3 Å². The molecule has 0 spiro atoms. The van der Waals surface area contributed by atoms with Crippen molar-refractivity contribution in [2.24, 2.45) is 0 Å². The van der Waals surface area contributed by atoms with Gasteiger partial charge in [-0.2, -0.15) is 4.98 Å². The highest BCUT2D eigenvalue weighted by Gasteiger charge is 2.62. The number of nitrogens with two attached hydrogens (primary N) is 1. The molecule has 2 rings (SSSR count). The molecule has 1 aliphatic rings. The lowest BCUT2D eigenvalue weighted by atomic mass is 9.89. The molecule has 3 N–H and O–H groups in total. The second-order valence-electron chi connectivity index (χ2n) is 5.78. The second kappa shape index (κ2) is 7.22. The van der Waals surface area contributed by atoms with Crippen LogP contribution in [0, 0.1) is 0 Å². The van der Waals surface area contributed by atoms with Gasteiger partial charge in [0.05, 0.1) is 0 Å². The third kappa shape index (κ3) is 3.58. The Bertz CT molecular complexity index is 791. The fraction of sp³-hybridized carbons (Fsp3) is 0.533. The van der Waals surface area contributed by atoms with E-state index in [-0.39, 0.29) is 5.82 Å². The molecule has 0 radical (unpaired) electrons. The summed E-state index contributed by atoms with van der Waals surface area (Å²) in [4.78, 5) is 50.4. The molecular weight excluding hydrogens is 350 g/mol. The van der Waals surface area contributed by atoms with Crippen LogP contribution >= 0.6 is 0 Å². The molecule has 0 aromatic carbocycles. The normalized spacial score (nSPS) is 27.8. The number of Topliss-reactive ketones (excluding diaryl/α,β-unsaturated/α-hetero) is 1. The molecule has 1 aromatic rings. The summed E-state index contributed by atoms with van der Waals surface area (Å²) in [6.07, 6.45) is -3.08. The van der Waals surface area contributed by atoms with Crippen LogP contribution in [0.2, 0.25) is 0 Å². The van der Waals surface area contributed by atoms with E-state index >= 15 is 0 Å². The largest absolute Gasteiger partial charge is 0.463 e. The number of anilines is 1. The SMILES string of the molecule is CC(=O)OC[C@H]1O[C@@H](n2ccc(N)nc2=O)[C@@](O)(C(C)=O)[C@@H]1OC(C)=O. The number of nitrogens with zero attached hydrogens (tertiary/aromatic N) is 2. The fourth-order valence-corrected chi connectivity index (χ4v) is 2.69. The van der Waals surface area contributed by atoms with E-state index in [1.807, 2.05) is 0 Å². The number of rotatable bonds is 5. The molecule has 11 nitrogen and oxygen atoms in total. The van der Waals surface area contributed by atoms with Crippen molar-refractivity contribution >= 4 is 23.5 Å². The lowest BCUT2D eigenvalue weighted by molar-refractivity contribution is -0.171. The van der Waals surface area contributed by atoms with Crippen LogP contribution in [0.1, 0.15) is 27.0 Å². The average molecular weight is 369 g/mol. The van der Waals surface area contributed by atoms with Gasteiger partial charge >= 0.3 is 17.6 Å². The number of aliphatic hydroxyl groups is 1. The number of ether oxygens (including phenoxy) is 3. The van der Waals surface area contributed by atoms with Gasteiger partial charge in [-0.05, 0) is 13.0 Å². The minimum Gasteiger partial charge on any atom is -0.463 e. The van der Waals surface area contributed by atoms with Gasteiger partial charge in [-0.1, -0.05) is 0 Å². The van der Waals surface area contributed by atoms with Crippen molar-refractivity contribution in [1.29, 1.82) is 0 Å². The number of hydrogen-bond acceptors (Lipinski definition) is 10. The summed E-state index contributed by atoms with van der Waals surface area (Å²) < 4.78 is 16.3. The molecule has 11 heteroatoms. The molecule has 1 fully saturated rings. The molecule has 4 atom stereocenters. The molecular formula is C15H19N3O8. The summed E-state index contributed by atoms with van der Waals surface area (Å²) in [5.41, 5.74) is 2.14. The van der Waals surface area contributed by atoms with Crippen LogP contribution in [0.4, 0.5) is 5.82 Å². The summed E-state index contributed by atoms with van der Waals surface area (Å²) in [5.74, 6) is -2.32. The first kappa shape index (κ1) is 19.5. The number of nitrogen functional groups attached to an aromatic ring is 1. The maximum absolute atomic E-state index is 12.2. The average Bonchev–Trinajstić information content (AvgIpc) is 2.79. The summed E-state index contributed by atoms with van der Waals surface area (Å²) in [7, 11) is 0. The fourth-order valence-electron chi connectivity index (χ4n) is 2.69. The highest BCUT2D eigenvalue weighted by Crippen LogP contribution is 2.40. The molecule has 1 aromatic heterocycles. The summed E-state index contributed by atoms with van der Waals surface area (Å²) in [5, 5.41) is 11.0. The highest BCUT2D eigenvalue weighted by atomic mass is 16.6. The minimum absolute atomic E-state index is 0.0661. The van der Waals surface area contributed by atoms with Gasteiger partial charge in [-0.3, -0.25) is 19.0 Å². The molecule has 0 unspecified atom stereocenters. The van der Waals surface area contributed by atoms with Gasteiger partial charge in [-0.15, -0.1) is 0 Å². The monoisotopic (exact) mass is 369 g/mol. The van der Waals surface area contributed by atoms with Crippen LogP contribution in [-0.4, -0.2) is 56.8 Å². The lowest BCUT2D eigenvalue weighted by Crippen LogP contribution is -2.55. The number of esters is 2. The first-order valence-corrected chi connectivity index (χ1v) is 7.61. The summed E-state index contributed by atoms with van der Waals surface area (Å²) in [6, 6.07) is 1.27. The Kier molecular flexibility index (Phi) is 5.42. The number of carbonyl (C=O) groups is 3. The summed E-state index contributed by atoms with van der Waals surface area (Å²) >= 11 is 0. The quantitative estimate of drug-likeness (QED) is 0.587. The van der Waals surface area contributed by atoms with Crippen LogP contribution in [0.5, 0.6) is 0 Å². The zero-order valence-corrected chi connectivity index (χ0v) is 14.4. The first-order chi connectivity index (χ1) is 12.1. The molecule has 0 saturated carbocycles. The number of aromatic nitrogens is 2. The predicted octanol–water partition coefficient (Wildman–Crippen LogP) is -1.46. The Hall–Kier alpha value is -2.79. The van der Waals surface area contributed by atoms with Gasteiger partial charge in [0.15, 0.2) is 18.1 Å². The lowest BCUT2D eigenvalue weighted by Gasteiger charge is -2.31. The van der Waals surface area contributed by atoms with E-state index in [4.69, 9.17) is 19.9 Å². The van der Waals surface area contributed by atoms with Crippen LogP contribution in [-0.2, 0) is 28.6 Å². The van der Waals surface area contributed by atoms with Gasteiger partial charge in [0, 0.05) is 20.0 Å². The smallest absolute Gasteiger partial charge is 0.351 e. The van der Waals surface area contributed by atoms with E-state index < -0.39 is 54.1 Å². The third-order valence-corrected chi connectivity index (χ3v) is 3.86. The maximum Gasteiger partial charge on any atom is 0.351 e. The number of hydrogen-bond donors (Lipinski definition) is 2. The number of ketones is 1. The van der Waals surface area contributed by atoms with Gasteiger partial charge in [-0.25, -0.2) is 4.79 Å². The van der Waals surface area contributed by atoms with Crippen molar-refractivity contribution in [3.8, 4) is 0 Å². The van der Waals surface area contributed by atoms with E-state index in [0.29, 0.717) is 0 Å². The first-order valence-electron chi connectivity index (χ1n) is 7.61. The Morgan fingerprint density at radius 2 is 2.00 bits per heavy atom. The van der Waals surface area contributed by atoms with E-state index in [9.17, 15) is 24.3 Å². The zero-order valence-electron chi connectivity index (χ0n) is 14.4. The Morgan fingerprint density at radius 3 is 2.50 bits per heavy atom. The Labute approximate surface area is 147 Å². The van der Waals surface area contributed by atoms with Crippen molar-refractivity contribution in [3.05, 3.63) is 22.7 Å². The maximum atomic E-state index is 12.2. The van der Waals surface area contributed by atoms with Crippen molar-refractivity contribution in [2.45, 2.75) is 44.8 Å². The van der Waals surface area contributed by atoms with Crippen molar-refractivity contribution < 1.29 is 33.7 Å². The molecule has 1 saturated heterocycles. The Morgan fingerprint density at radius 1 is 1.35 bits per heavy atom. The van der Waals surface area contributed by atoms with Crippen LogP contribution in [0.25, 0.3) is 0 Å². The van der Waals surface area contributed by atoms with Crippen LogP contribution in [0.15, 0.2) is 17.1 Å². The molecule has 0 bridgehead atoms. The minimum atomic E-state index is -2.40. The summed E-state index contributed by atoms with van der Waals surface area (Å²) in [6.45, 7) is 2.87. The van der Waals surface area contributed by atoms with Crippen molar-refractivity contribution in [1.82, 2.24) is 9.55 Å². The zero-order chi connectivity index (χ0) is 19.6. The third-order valence-electron chi connectivity index (χ3n) is 3.86. The predicted molar refractivity (Wildman–Crippen MR) is 84.6 cm³/mol. The molecule has 142 valence electrons. The van der Waals surface area contributed by atoms with Gasteiger partial charge < -0.3 is 25.1 Å². The molecule has 26 heavy (non-hydrogen) atoms. The van der Waals surface area contributed by atoms with Crippen LogP contribution in [0.3, 0.4) is 0 Å². The Balaban J connectivity index is 2.52. The van der Waals surface area contributed by atoms with E-state index in [2.05, 4.69) is 4.98 Å². The topological polar surface area (TPSA) is 160 Å². The van der Waals surface area contributed by atoms with Gasteiger partial charge in [0.25, 0.3) is 0 Å². The van der Waals surface area contributed by atoms with Crippen molar-refractivity contribution in [2.75, 3.05) is 12.3 Å². The van der Waals surface area contributed by atoms with E-state index in [1.165, 1.54) is 12.3 Å². The van der Waals surface area contributed by atoms with Crippen molar-refractivity contribution in [3.63, 3.8) is 0 Å². The van der Waals surface area contributed by atoms with Gasteiger partial charge in [0.1, 0.15) is 18.5 Å². The number of carbonyl (C=O) groups excluding carboxylic acids is 3. The second-order valence-corrected chi connectivity index (χ2v) is 5.78. The van der Waals surface area contributed by atoms with Gasteiger partial charge in [0.2, 0.25) is 5.60 Å². The standard InChI is InChI=1S/C15H19N3O8/c1-7(19)15(23)12(25-9(3)21)10(6-24-8(2)20)26-13(15)18-5-4-11(16)17-14(18)22/h4-5,10,12-13,23H,6H2,1-3H3,(H2,16,17,22)/t10-,12-,13-,15-/m1/s1. The molecule has 0 aliphatic carbocycles. The molecule has 2 heterocycles.